The van der Waals surface area contributed by atoms with Crippen molar-refractivity contribution >= 4 is 22.9 Å². The molecule has 0 spiro atoms. The van der Waals surface area contributed by atoms with Crippen LogP contribution in [0.25, 0.3) is 5.57 Å². The highest BCUT2D eigenvalue weighted by atomic mass is 32.1. The summed E-state index contributed by atoms with van der Waals surface area (Å²) in [5.41, 5.74) is 1.45. The molecule has 0 amide bonds. The summed E-state index contributed by atoms with van der Waals surface area (Å²) in [4.78, 5) is 12.1. The molecule has 1 aliphatic heterocycles. The minimum atomic E-state index is 0.828. The molecule has 0 saturated carbocycles. The molecule has 0 bridgehead atoms. The Morgan fingerprint density at radius 3 is 2.71 bits per heavy atom. The van der Waals surface area contributed by atoms with Crippen LogP contribution >= 0.6 is 11.3 Å². The Kier molecular flexibility index (Phi) is 2.88. The molecule has 0 saturated heterocycles. The summed E-state index contributed by atoms with van der Waals surface area (Å²) in [6.07, 6.45) is 6.94. The molecule has 17 heavy (non-hydrogen) atoms. The molecule has 0 fully saturated rings. The van der Waals surface area contributed by atoms with Crippen molar-refractivity contribution in [3.05, 3.63) is 46.9 Å². The number of thiophene rings is 1. The van der Waals surface area contributed by atoms with Crippen molar-refractivity contribution in [2.24, 2.45) is 0 Å². The van der Waals surface area contributed by atoms with Crippen molar-refractivity contribution in [2.75, 3.05) is 18.0 Å². The smallest absolute Gasteiger partial charge is 0.225 e. The number of aromatic nitrogens is 2. The van der Waals surface area contributed by atoms with E-state index >= 15 is 0 Å². The second-order valence-corrected chi connectivity index (χ2v) is 4.90. The summed E-state index contributed by atoms with van der Waals surface area (Å²) in [5.74, 6) is 0.828. The van der Waals surface area contributed by atoms with Crippen LogP contribution in [0.5, 0.6) is 0 Å². The predicted molar refractivity (Wildman–Crippen MR) is 71.2 cm³/mol. The summed E-state index contributed by atoms with van der Waals surface area (Å²) in [7, 11) is 0. The van der Waals surface area contributed by atoms with Gasteiger partial charge in [-0.3, -0.25) is 0 Å². The van der Waals surface area contributed by atoms with Gasteiger partial charge in [-0.05, 0) is 29.5 Å². The maximum absolute atomic E-state index is 4.28. The van der Waals surface area contributed by atoms with Crippen molar-refractivity contribution in [1.82, 2.24) is 9.97 Å². The van der Waals surface area contributed by atoms with E-state index in [2.05, 4.69) is 38.5 Å². The van der Waals surface area contributed by atoms with E-state index in [9.17, 15) is 0 Å². The maximum atomic E-state index is 4.28. The van der Waals surface area contributed by atoms with Gasteiger partial charge in [-0.1, -0.05) is 12.1 Å². The van der Waals surface area contributed by atoms with E-state index in [1.54, 1.807) is 12.4 Å². The van der Waals surface area contributed by atoms with Gasteiger partial charge in [0.25, 0.3) is 0 Å². The quantitative estimate of drug-likeness (QED) is 0.812. The molecule has 4 heteroatoms. The molecule has 86 valence electrons. The van der Waals surface area contributed by atoms with Gasteiger partial charge in [0.15, 0.2) is 0 Å². The van der Waals surface area contributed by atoms with Crippen LogP contribution in [0.2, 0.25) is 0 Å². The molecule has 1 aliphatic rings. The molecule has 2 aromatic heterocycles. The first kappa shape index (κ1) is 10.5. The van der Waals surface area contributed by atoms with Crippen LogP contribution in [0.3, 0.4) is 0 Å². The third kappa shape index (κ3) is 2.22. The zero-order valence-electron chi connectivity index (χ0n) is 9.41. The van der Waals surface area contributed by atoms with Crippen LogP contribution in [-0.2, 0) is 0 Å². The average Bonchev–Trinajstić information content (AvgIpc) is 2.94. The number of anilines is 1. The Morgan fingerprint density at radius 2 is 2.06 bits per heavy atom. The molecule has 0 atom stereocenters. The Bertz CT molecular complexity index is 505. The van der Waals surface area contributed by atoms with Gasteiger partial charge in [0.2, 0.25) is 5.95 Å². The van der Waals surface area contributed by atoms with Gasteiger partial charge in [-0.15, -0.1) is 11.3 Å². The average molecular weight is 243 g/mol. The highest BCUT2D eigenvalue weighted by Crippen LogP contribution is 2.26. The molecule has 2 aromatic rings. The van der Waals surface area contributed by atoms with Gasteiger partial charge in [-0.25, -0.2) is 9.97 Å². The third-order valence-electron chi connectivity index (χ3n) is 2.88. The first-order valence-corrected chi connectivity index (χ1v) is 6.56. The summed E-state index contributed by atoms with van der Waals surface area (Å²) in [6, 6.07) is 6.14. The van der Waals surface area contributed by atoms with Crippen molar-refractivity contribution in [2.45, 2.75) is 6.42 Å². The Hall–Kier alpha value is -1.68. The fourth-order valence-electron chi connectivity index (χ4n) is 1.99. The van der Waals surface area contributed by atoms with Crippen molar-refractivity contribution in [3.63, 3.8) is 0 Å². The first-order valence-electron chi connectivity index (χ1n) is 5.68. The lowest BCUT2D eigenvalue weighted by Crippen LogP contribution is -2.29. The van der Waals surface area contributed by atoms with Crippen LogP contribution in [0.1, 0.15) is 11.3 Å². The van der Waals surface area contributed by atoms with Gasteiger partial charge in [-0.2, -0.15) is 0 Å². The van der Waals surface area contributed by atoms with Crippen LogP contribution in [0.4, 0.5) is 5.95 Å². The Morgan fingerprint density at radius 1 is 1.18 bits per heavy atom. The molecule has 3 heterocycles. The van der Waals surface area contributed by atoms with E-state index in [1.807, 2.05) is 17.4 Å². The normalized spacial score (nSPS) is 15.8. The van der Waals surface area contributed by atoms with Gasteiger partial charge in [0.05, 0.1) is 0 Å². The predicted octanol–water partition coefficient (Wildman–Crippen LogP) is 2.83. The Balaban J connectivity index is 1.76. The number of hydrogen-bond donors (Lipinski definition) is 0. The summed E-state index contributed by atoms with van der Waals surface area (Å²) in [5, 5.41) is 2.13. The first-order chi connectivity index (χ1) is 8.43. The highest BCUT2D eigenvalue weighted by molar-refractivity contribution is 7.11. The number of nitrogens with zero attached hydrogens (tertiary/aromatic N) is 3. The van der Waals surface area contributed by atoms with E-state index in [4.69, 9.17) is 0 Å². The minimum absolute atomic E-state index is 0.828. The topological polar surface area (TPSA) is 29.0 Å². The second-order valence-electron chi connectivity index (χ2n) is 3.95. The fourth-order valence-corrected chi connectivity index (χ4v) is 2.79. The summed E-state index contributed by atoms with van der Waals surface area (Å²) < 4.78 is 0. The zero-order valence-corrected chi connectivity index (χ0v) is 10.2. The SMILES string of the molecule is C1=C(c2cccs2)CCN(c2ncccn2)C1. The summed E-state index contributed by atoms with van der Waals surface area (Å²) in [6.45, 7) is 1.89. The van der Waals surface area contributed by atoms with Crippen molar-refractivity contribution in [3.8, 4) is 0 Å². The molecular weight excluding hydrogens is 230 g/mol. The third-order valence-corrected chi connectivity index (χ3v) is 3.83. The molecule has 0 radical (unpaired) electrons. The van der Waals surface area contributed by atoms with E-state index in [-0.39, 0.29) is 0 Å². The minimum Gasteiger partial charge on any atom is -0.337 e. The van der Waals surface area contributed by atoms with Gasteiger partial charge in [0, 0.05) is 30.4 Å². The number of rotatable bonds is 2. The van der Waals surface area contributed by atoms with Crippen molar-refractivity contribution < 1.29 is 0 Å². The molecule has 0 N–H and O–H groups in total. The lowest BCUT2D eigenvalue weighted by Gasteiger charge is -2.25. The molecule has 3 rings (SSSR count). The monoisotopic (exact) mass is 243 g/mol. The number of hydrogen-bond acceptors (Lipinski definition) is 4. The molecule has 0 aromatic carbocycles. The zero-order chi connectivity index (χ0) is 11.5. The van der Waals surface area contributed by atoms with Crippen LogP contribution < -0.4 is 4.90 Å². The molecule has 0 unspecified atom stereocenters. The summed E-state index contributed by atoms with van der Waals surface area (Å²) >= 11 is 1.81. The van der Waals surface area contributed by atoms with Gasteiger partial charge in [0.1, 0.15) is 0 Å². The van der Waals surface area contributed by atoms with E-state index in [0.717, 1.165) is 25.5 Å². The largest absolute Gasteiger partial charge is 0.337 e. The lowest BCUT2D eigenvalue weighted by atomic mass is 10.1. The lowest BCUT2D eigenvalue weighted by molar-refractivity contribution is 0.797. The molecular formula is C13H13N3S. The highest BCUT2D eigenvalue weighted by Gasteiger charge is 2.15. The standard InChI is InChI=1S/C13H13N3S/c1-3-12(17-10-1)11-4-8-16(9-5-11)13-14-6-2-7-15-13/h1-4,6-7,10H,5,8-9H2. The van der Waals surface area contributed by atoms with E-state index < -0.39 is 0 Å². The molecule has 3 nitrogen and oxygen atoms in total. The molecule has 0 aliphatic carbocycles. The van der Waals surface area contributed by atoms with Crippen LogP contribution in [0.15, 0.2) is 42.0 Å². The van der Waals surface area contributed by atoms with Crippen LogP contribution in [-0.4, -0.2) is 23.1 Å². The second kappa shape index (κ2) is 4.67. The fraction of sp³-hybridized carbons (Fsp3) is 0.231. The van der Waals surface area contributed by atoms with Gasteiger partial charge >= 0.3 is 0 Å². The van der Waals surface area contributed by atoms with E-state index in [1.165, 1.54) is 10.5 Å². The van der Waals surface area contributed by atoms with Gasteiger partial charge < -0.3 is 4.90 Å². The van der Waals surface area contributed by atoms with Crippen molar-refractivity contribution in [1.29, 1.82) is 0 Å². The van der Waals surface area contributed by atoms with E-state index in [0.29, 0.717) is 0 Å². The maximum Gasteiger partial charge on any atom is 0.225 e. The Labute approximate surface area is 104 Å². The van der Waals surface area contributed by atoms with Crippen LogP contribution in [0, 0.1) is 0 Å².